The van der Waals surface area contributed by atoms with Gasteiger partial charge in [0.25, 0.3) is 0 Å². The van der Waals surface area contributed by atoms with Crippen LogP contribution in [0.4, 0.5) is 0 Å². The van der Waals surface area contributed by atoms with Crippen LogP contribution in [0.15, 0.2) is 0 Å². The second-order valence-corrected chi connectivity index (χ2v) is 3.94. The summed E-state index contributed by atoms with van der Waals surface area (Å²) in [5.74, 6) is 0.385. The van der Waals surface area contributed by atoms with Crippen molar-refractivity contribution in [3.63, 3.8) is 0 Å². The highest BCUT2D eigenvalue weighted by atomic mass is 16.3. The molecule has 12 heavy (non-hydrogen) atoms. The lowest BCUT2D eigenvalue weighted by molar-refractivity contribution is 0.00315. The minimum Gasteiger partial charge on any atom is -0.396 e. The molecule has 0 aromatic carbocycles. The highest BCUT2D eigenvalue weighted by molar-refractivity contribution is 4.84. The van der Waals surface area contributed by atoms with Crippen molar-refractivity contribution in [3.8, 4) is 0 Å². The Morgan fingerprint density at radius 2 is 1.50 bits per heavy atom. The maximum Gasteiger partial charge on any atom is 0.0509 e. The van der Waals surface area contributed by atoms with Crippen molar-refractivity contribution < 1.29 is 15.3 Å². The van der Waals surface area contributed by atoms with Crippen molar-refractivity contribution in [1.82, 2.24) is 0 Å². The summed E-state index contributed by atoms with van der Waals surface area (Å²) < 4.78 is 0. The summed E-state index contributed by atoms with van der Waals surface area (Å²) in [4.78, 5) is 0. The molecule has 3 nitrogen and oxygen atoms in total. The van der Waals surface area contributed by atoms with Crippen LogP contribution in [-0.4, -0.2) is 35.1 Å². The van der Waals surface area contributed by atoms with Crippen molar-refractivity contribution in [1.29, 1.82) is 0 Å². The van der Waals surface area contributed by atoms with Crippen LogP contribution < -0.4 is 0 Å². The third-order valence-corrected chi connectivity index (χ3v) is 3.09. The summed E-state index contributed by atoms with van der Waals surface area (Å²) in [6.07, 6.45) is 3.53. The number of hydrogen-bond donors (Lipinski definition) is 3. The smallest absolute Gasteiger partial charge is 0.0509 e. The third kappa shape index (κ3) is 1.97. The largest absolute Gasteiger partial charge is 0.396 e. The molecule has 1 rings (SSSR count). The molecule has 0 bridgehead atoms. The van der Waals surface area contributed by atoms with Gasteiger partial charge in [0, 0.05) is 12.0 Å². The van der Waals surface area contributed by atoms with E-state index in [9.17, 15) is 0 Å². The van der Waals surface area contributed by atoms with Gasteiger partial charge >= 0.3 is 0 Å². The van der Waals surface area contributed by atoms with Crippen molar-refractivity contribution >= 4 is 0 Å². The van der Waals surface area contributed by atoms with Crippen molar-refractivity contribution in [3.05, 3.63) is 0 Å². The second-order valence-electron chi connectivity index (χ2n) is 3.94. The maximum absolute atomic E-state index is 9.08. The number of hydrogen-bond acceptors (Lipinski definition) is 3. The molecule has 0 saturated heterocycles. The Bertz CT molecular complexity index is 122. The standard InChI is InChI=1S/C9H18O3/c10-5-8-1-3-9(6-11,7-12)4-2-8/h8,10-12H,1-7H2. The van der Waals surface area contributed by atoms with Gasteiger partial charge < -0.3 is 15.3 Å². The lowest BCUT2D eigenvalue weighted by atomic mass is 9.71. The van der Waals surface area contributed by atoms with Gasteiger partial charge in [-0.1, -0.05) is 0 Å². The van der Waals surface area contributed by atoms with Crippen LogP contribution in [-0.2, 0) is 0 Å². The normalized spacial score (nSPS) is 24.2. The summed E-state index contributed by atoms with van der Waals surface area (Å²) in [6.45, 7) is 0.385. The topological polar surface area (TPSA) is 60.7 Å². The zero-order valence-corrected chi connectivity index (χ0v) is 7.37. The SMILES string of the molecule is OCC1CCC(CO)(CO)CC1. The first-order chi connectivity index (χ1) is 5.76. The van der Waals surface area contributed by atoms with Crippen LogP contribution in [0.3, 0.4) is 0 Å². The lowest BCUT2D eigenvalue weighted by Crippen LogP contribution is -2.35. The molecule has 0 unspecified atom stereocenters. The molecule has 0 heterocycles. The Morgan fingerprint density at radius 3 is 1.83 bits per heavy atom. The predicted molar refractivity (Wildman–Crippen MR) is 45.6 cm³/mol. The number of rotatable bonds is 3. The monoisotopic (exact) mass is 174 g/mol. The Morgan fingerprint density at radius 1 is 1.00 bits per heavy atom. The van der Waals surface area contributed by atoms with Gasteiger partial charge in [0.05, 0.1) is 13.2 Å². The summed E-state index contributed by atoms with van der Waals surface area (Å²) in [6, 6.07) is 0. The van der Waals surface area contributed by atoms with E-state index >= 15 is 0 Å². The number of aliphatic hydroxyl groups excluding tert-OH is 3. The van der Waals surface area contributed by atoms with Gasteiger partial charge in [0.2, 0.25) is 0 Å². The minimum absolute atomic E-state index is 0.0711. The molecular formula is C9H18O3. The van der Waals surface area contributed by atoms with Crippen LogP contribution in [0.5, 0.6) is 0 Å². The fourth-order valence-corrected chi connectivity index (χ4v) is 1.84. The fraction of sp³-hybridized carbons (Fsp3) is 1.00. The van der Waals surface area contributed by atoms with Gasteiger partial charge in [-0.15, -0.1) is 0 Å². The van der Waals surface area contributed by atoms with Gasteiger partial charge in [0.1, 0.15) is 0 Å². The van der Waals surface area contributed by atoms with E-state index in [2.05, 4.69) is 0 Å². The molecule has 0 aromatic rings. The van der Waals surface area contributed by atoms with E-state index in [1.54, 1.807) is 0 Å². The Labute approximate surface area is 73.0 Å². The van der Waals surface area contributed by atoms with Gasteiger partial charge in [-0.05, 0) is 31.6 Å². The van der Waals surface area contributed by atoms with Gasteiger partial charge in [0.15, 0.2) is 0 Å². The Balaban J connectivity index is 2.42. The molecule has 0 spiro atoms. The molecule has 1 fully saturated rings. The fourth-order valence-electron chi connectivity index (χ4n) is 1.84. The molecule has 3 N–H and O–H groups in total. The van der Waals surface area contributed by atoms with Crippen molar-refractivity contribution in [2.75, 3.05) is 19.8 Å². The van der Waals surface area contributed by atoms with E-state index in [4.69, 9.17) is 15.3 Å². The molecule has 1 aliphatic rings. The van der Waals surface area contributed by atoms with Gasteiger partial charge in [-0.25, -0.2) is 0 Å². The maximum atomic E-state index is 9.08. The van der Waals surface area contributed by atoms with E-state index in [1.165, 1.54) is 0 Å². The molecule has 72 valence electrons. The Kier molecular flexibility index (Phi) is 3.50. The third-order valence-electron chi connectivity index (χ3n) is 3.09. The van der Waals surface area contributed by atoms with Gasteiger partial charge in [-0.3, -0.25) is 0 Å². The van der Waals surface area contributed by atoms with Gasteiger partial charge in [-0.2, -0.15) is 0 Å². The molecule has 0 aromatic heterocycles. The Hall–Kier alpha value is -0.120. The zero-order valence-electron chi connectivity index (χ0n) is 7.37. The average Bonchev–Trinajstić information content (AvgIpc) is 2.18. The van der Waals surface area contributed by atoms with Crippen LogP contribution >= 0.6 is 0 Å². The van der Waals surface area contributed by atoms with E-state index in [-0.39, 0.29) is 25.2 Å². The summed E-state index contributed by atoms with van der Waals surface area (Å²) in [7, 11) is 0. The minimum atomic E-state index is -0.258. The zero-order chi connectivity index (χ0) is 9.03. The first-order valence-corrected chi connectivity index (χ1v) is 4.59. The molecule has 0 radical (unpaired) electrons. The van der Waals surface area contributed by atoms with E-state index in [0.29, 0.717) is 5.92 Å². The van der Waals surface area contributed by atoms with E-state index in [0.717, 1.165) is 25.7 Å². The summed E-state index contributed by atoms with van der Waals surface area (Å²) in [5.41, 5.74) is -0.258. The first-order valence-electron chi connectivity index (χ1n) is 4.59. The summed E-state index contributed by atoms with van der Waals surface area (Å²) in [5, 5.41) is 27.0. The summed E-state index contributed by atoms with van der Waals surface area (Å²) >= 11 is 0. The molecule has 0 aliphatic heterocycles. The number of aliphatic hydroxyl groups is 3. The quantitative estimate of drug-likeness (QED) is 0.570. The first kappa shape index (κ1) is 9.96. The lowest BCUT2D eigenvalue weighted by Gasteiger charge is -2.36. The molecule has 1 aliphatic carbocycles. The molecule has 0 amide bonds. The van der Waals surface area contributed by atoms with Crippen LogP contribution in [0.25, 0.3) is 0 Å². The van der Waals surface area contributed by atoms with Crippen LogP contribution in [0, 0.1) is 11.3 Å². The molecular weight excluding hydrogens is 156 g/mol. The van der Waals surface area contributed by atoms with Crippen LogP contribution in [0.2, 0.25) is 0 Å². The molecule has 3 heteroatoms. The average molecular weight is 174 g/mol. The molecule has 0 atom stereocenters. The highest BCUT2D eigenvalue weighted by Gasteiger charge is 2.33. The van der Waals surface area contributed by atoms with Crippen LogP contribution in [0.1, 0.15) is 25.7 Å². The highest BCUT2D eigenvalue weighted by Crippen LogP contribution is 2.37. The second kappa shape index (κ2) is 4.21. The van der Waals surface area contributed by atoms with E-state index < -0.39 is 0 Å². The molecule has 1 saturated carbocycles. The van der Waals surface area contributed by atoms with Crippen molar-refractivity contribution in [2.45, 2.75) is 25.7 Å². The predicted octanol–water partition coefficient (Wildman–Crippen LogP) is 0.140. The van der Waals surface area contributed by atoms with Crippen molar-refractivity contribution in [2.24, 2.45) is 11.3 Å². The van der Waals surface area contributed by atoms with E-state index in [1.807, 2.05) is 0 Å².